The summed E-state index contributed by atoms with van der Waals surface area (Å²) in [4.78, 5) is 23.5. The number of unbranched alkanes of at least 4 members (excludes halogenated alkanes) is 2. The SMILES string of the molecule is CCCCCc1ccc(/C=C/C(=O)Nc2c(C)cccc2C(=O)O)cc1. The highest BCUT2D eigenvalue weighted by Gasteiger charge is 2.13. The van der Waals surface area contributed by atoms with Crippen molar-refractivity contribution in [3.05, 3.63) is 70.8 Å². The third kappa shape index (κ3) is 5.59. The van der Waals surface area contributed by atoms with Crippen molar-refractivity contribution in [2.75, 3.05) is 5.32 Å². The van der Waals surface area contributed by atoms with E-state index in [0.717, 1.165) is 12.0 Å². The third-order valence-electron chi connectivity index (χ3n) is 4.23. The Bertz CT molecular complexity index is 792. The molecule has 26 heavy (non-hydrogen) atoms. The van der Waals surface area contributed by atoms with Crippen LogP contribution in [0.4, 0.5) is 5.69 Å². The van der Waals surface area contributed by atoms with Crippen molar-refractivity contribution in [1.82, 2.24) is 0 Å². The smallest absolute Gasteiger partial charge is 0.337 e. The predicted molar refractivity (Wildman–Crippen MR) is 105 cm³/mol. The van der Waals surface area contributed by atoms with Gasteiger partial charge in [0.15, 0.2) is 0 Å². The zero-order chi connectivity index (χ0) is 18.9. The number of carboxylic acids is 1. The van der Waals surface area contributed by atoms with Gasteiger partial charge in [-0.3, -0.25) is 4.79 Å². The fraction of sp³-hybridized carbons (Fsp3) is 0.273. The van der Waals surface area contributed by atoms with E-state index < -0.39 is 5.97 Å². The van der Waals surface area contributed by atoms with Gasteiger partial charge in [-0.15, -0.1) is 0 Å². The summed E-state index contributed by atoms with van der Waals surface area (Å²) < 4.78 is 0. The fourth-order valence-corrected chi connectivity index (χ4v) is 2.72. The topological polar surface area (TPSA) is 66.4 Å². The number of carbonyl (C=O) groups is 2. The van der Waals surface area contributed by atoms with E-state index in [0.29, 0.717) is 11.3 Å². The molecule has 0 bridgehead atoms. The lowest BCUT2D eigenvalue weighted by Gasteiger charge is -2.09. The summed E-state index contributed by atoms with van der Waals surface area (Å²) in [7, 11) is 0. The minimum absolute atomic E-state index is 0.0863. The molecule has 4 nitrogen and oxygen atoms in total. The fourth-order valence-electron chi connectivity index (χ4n) is 2.72. The maximum absolute atomic E-state index is 12.2. The summed E-state index contributed by atoms with van der Waals surface area (Å²) in [6.45, 7) is 3.96. The summed E-state index contributed by atoms with van der Waals surface area (Å²) in [6.07, 6.45) is 7.85. The number of hydrogen-bond acceptors (Lipinski definition) is 2. The third-order valence-corrected chi connectivity index (χ3v) is 4.23. The molecule has 0 aliphatic carbocycles. The van der Waals surface area contributed by atoms with Gasteiger partial charge < -0.3 is 10.4 Å². The van der Waals surface area contributed by atoms with Crippen molar-refractivity contribution in [2.45, 2.75) is 39.5 Å². The molecule has 4 heteroatoms. The molecule has 0 spiro atoms. The first kappa shape index (κ1) is 19.4. The molecule has 1 amide bonds. The standard InChI is InChI=1S/C22H25NO3/c1-3-4-5-8-17-10-12-18(13-11-17)14-15-20(24)23-21-16(2)7-6-9-19(21)22(25)26/h6-7,9-15H,3-5,8H2,1-2H3,(H,23,24)(H,25,26)/b15-14+. The van der Waals surface area contributed by atoms with Gasteiger partial charge in [-0.25, -0.2) is 4.79 Å². The molecule has 2 N–H and O–H groups in total. The summed E-state index contributed by atoms with van der Waals surface area (Å²) in [6, 6.07) is 13.0. The van der Waals surface area contributed by atoms with Crippen LogP contribution < -0.4 is 5.32 Å². The molecule has 0 aliphatic rings. The molecule has 2 aromatic carbocycles. The molecule has 0 unspecified atom stereocenters. The average Bonchev–Trinajstić information content (AvgIpc) is 2.63. The van der Waals surface area contributed by atoms with Crippen LogP contribution in [0.3, 0.4) is 0 Å². The molecule has 0 aromatic heterocycles. The Morgan fingerprint density at radius 3 is 2.46 bits per heavy atom. The van der Waals surface area contributed by atoms with E-state index in [-0.39, 0.29) is 11.5 Å². The van der Waals surface area contributed by atoms with E-state index >= 15 is 0 Å². The minimum Gasteiger partial charge on any atom is -0.478 e. The van der Waals surface area contributed by atoms with E-state index in [9.17, 15) is 14.7 Å². The Kier molecular flexibility index (Phi) is 7.15. The van der Waals surface area contributed by atoms with E-state index in [4.69, 9.17) is 0 Å². The largest absolute Gasteiger partial charge is 0.478 e. The van der Waals surface area contributed by atoms with Crippen LogP contribution in [0.1, 0.15) is 53.2 Å². The highest BCUT2D eigenvalue weighted by Crippen LogP contribution is 2.20. The molecular formula is C22H25NO3. The molecule has 0 radical (unpaired) electrons. The summed E-state index contributed by atoms with van der Waals surface area (Å²) in [5.74, 6) is -1.42. The Morgan fingerprint density at radius 1 is 1.08 bits per heavy atom. The van der Waals surface area contributed by atoms with Crippen LogP contribution in [-0.2, 0) is 11.2 Å². The molecule has 0 aliphatic heterocycles. The zero-order valence-electron chi connectivity index (χ0n) is 15.3. The van der Waals surface area contributed by atoms with E-state index in [1.54, 1.807) is 25.1 Å². The number of nitrogens with one attached hydrogen (secondary N) is 1. The maximum atomic E-state index is 12.2. The lowest BCUT2D eigenvalue weighted by Crippen LogP contribution is -2.13. The average molecular weight is 351 g/mol. The van der Waals surface area contributed by atoms with Crippen molar-refractivity contribution >= 4 is 23.6 Å². The van der Waals surface area contributed by atoms with Gasteiger partial charge in [0.05, 0.1) is 11.3 Å². The molecule has 0 saturated carbocycles. The van der Waals surface area contributed by atoms with Crippen molar-refractivity contribution < 1.29 is 14.7 Å². The number of hydrogen-bond donors (Lipinski definition) is 2. The summed E-state index contributed by atoms with van der Waals surface area (Å²) in [5, 5.41) is 11.9. The predicted octanol–water partition coefficient (Wildman–Crippen LogP) is 5.08. The van der Waals surface area contributed by atoms with E-state index in [2.05, 4.69) is 24.4 Å². The molecule has 2 rings (SSSR count). The van der Waals surface area contributed by atoms with Gasteiger partial charge in [-0.1, -0.05) is 56.2 Å². The molecule has 0 heterocycles. The van der Waals surface area contributed by atoms with Crippen LogP contribution in [0.2, 0.25) is 0 Å². The van der Waals surface area contributed by atoms with Crippen molar-refractivity contribution in [3.8, 4) is 0 Å². The Labute approximate surface area is 154 Å². The highest BCUT2D eigenvalue weighted by atomic mass is 16.4. The number of aromatic carboxylic acids is 1. The van der Waals surface area contributed by atoms with E-state index in [1.807, 2.05) is 12.1 Å². The van der Waals surface area contributed by atoms with Crippen molar-refractivity contribution in [2.24, 2.45) is 0 Å². The van der Waals surface area contributed by atoms with Crippen LogP contribution in [0.25, 0.3) is 6.08 Å². The van der Waals surface area contributed by atoms with E-state index in [1.165, 1.54) is 37.0 Å². The van der Waals surface area contributed by atoms with Crippen molar-refractivity contribution in [3.63, 3.8) is 0 Å². The van der Waals surface area contributed by atoms with Crippen molar-refractivity contribution in [1.29, 1.82) is 0 Å². The molecule has 136 valence electrons. The normalized spacial score (nSPS) is 10.8. The second-order valence-electron chi connectivity index (χ2n) is 6.32. The van der Waals surface area contributed by atoms with Crippen LogP contribution in [-0.4, -0.2) is 17.0 Å². The zero-order valence-corrected chi connectivity index (χ0v) is 15.3. The molecular weight excluding hydrogens is 326 g/mol. The second-order valence-corrected chi connectivity index (χ2v) is 6.32. The van der Waals surface area contributed by atoms with Gasteiger partial charge in [0.1, 0.15) is 0 Å². The molecule has 0 atom stereocenters. The molecule has 0 saturated heterocycles. The van der Waals surface area contributed by atoms with Gasteiger partial charge >= 0.3 is 5.97 Å². The Hall–Kier alpha value is -2.88. The minimum atomic E-state index is -1.06. The number of aryl methyl sites for hydroxylation is 2. The van der Waals surface area contributed by atoms with Gasteiger partial charge in [0.25, 0.3) is 0 Å². The van der Waals surface area contributed by atoms with Gasteiger partial charge in [-0.2, -0.15) is 0 Å². The quantitative estimate of drug-likeness (QED) is 0.515. The van der Waals surface area contributed by atoms with Crippen LogP contribution in [0, 0.1) is 6.92 Å². The first-order chi connectivity index (χ1) is 12.5. The second kappa shape index (κ2) is 9.56. The number of carbonyl (C=O) groups excluding carboxylic acids is 1. The van der Waals surface area contributed by atoms with Gasteiger partial charge in [-0.05, 0) is 48.6 Å². The van der Waals surface area contributed by atoms with Gasteiger partial charge in [0, 0.05) is 6.08 Å². The summed E-state index contributed by atoms with van der Waals surface area (Å²) >= 11 is 0. The monoisotopic (exact) mass is 351 g/mol. The number of amides is 1. The highest BCUT2D eigenvalue weighted by molar-refractivity contribution is 6.06. The van der Waals surface area contributed by atoms with Crippen LogP contribution in [0.15, 0.2) is 48.5 Å². The molecule has 2 aromatic rings. The van der Waals surface area contributed by atoms with Gasteiger partial charge in [0.2, 0.25) is 5.91 Å². The lowest BCUT2D eigenvalue weighted by molar-refractivity contribution is -0.111. The Balaban J connectivity index is 2.01. The summed E-state index contributed by atoms with van der Waals surface area (Å²) in [5.41, 5.74) is 3.36. The van der Waals surface area contributed by atoms with Crippen LogP contribution in [0.5, 0.6) is 0 Å². The molecule has 0 fully saturated rings. The number of carboxylic acid groups (broad SMARTS) is 1. The number of anilines is 1. The number of rotatable bonds is 8. The first-order valence-corrected chi connectivity index (χ1v) is 8.92. The Morgan fingerprint density at radius 2 is 1.81 bits per heavy atom. The first-order valence-electron chi connectivity index (χ1n) is 8.92. The van der Waals surface area contributed by atoms with Crippen LogP contribution >= 0.6 is 0 Å². The maximum Gasteiger partial charge on any atom is 0.337 e. The number of benzene rings is 2. The number of para-hydroxylation sites is 1. The lowest BCUT2D eigenvalue weighted by atomic mass is 10.1.